The molecule has 3 aromatic carbocycles. The summed E-state index contributed by atoms with van der Waals surface area (Å²) in [6.07, 6.45) is 0. The molecule has 0 saturated carbocycles. The third-order valence-corrected chi connectivity index (χ3v) is 6.23. The highest BCUT2D eigenvalue weighted by Gasteiger charge is 2.47. The van der Waals surface area contributed by atoms with Crippen LogP contribution in [-0.2, 0) is 9.59 Å². The fourth-order valence-electron chi connectivity index (χ4n) is 4.28. The number of hydrogen-bond acceptors (Lipinski definition) is 5. The number of aliphatic hydroxyl groups is 1. The van der Waals surface area contributed by atoms with Crippen molar-refractivity contribution in [3.05, 3.63) is 92.5 Å². The maximum Gasteiger partial charge on any atom is 0.300 e. The topological polar surface area (TPSA) is 87.1 Å². The van der Waals surface area contributed by atoms with Crippen LogP contribution in [0.25, 0.3) is 5.76 Å². The number of carbonyl (C=O) groups excluding carboxylic acids is 2. The summed E-state index contributed by atoms with van der Waals surface area (Å²) in [7, 11) is 1.47. The van der Waals surface area contributed by atoms with Gasteiger partial charge in [-0.1, -0.05) is 41.4 Å². The first-order valence-corrected chi connectivity index (χ1v) is 11.1. The second-order valence-electron chi connectivity index (χ2n) is 8.02. The minimum Gasteiger partial charge on any atom is -0.507 e. The van der Waals surface area contributed by atoms with Crippen LogP contribution in [0.2, 0.25) is 10.0 Å². The molecule has 1 aliphatic heterocycles. The lowest BCUT2D eigenvalue weighted by atomic mass is 9.93. The second kappa shape index (κ2) is 9.05. The number of Topliss-reactive ketones (excluding diaryl/α,β-unsaturated/α-hetero) is 1. The number of aryl methyl sites for hydroxylation is 2. The Morgan fingerprint density at radius 1 is 1.03 bits per heavy atom. The number of methoxy groups -OCH3 is 1. The third kappa shape index (κ3) is 4.00. The molecule has 0 aliphatic carbocycles. The summed E-state index contributed by atoms with van der Waals surface area (Å²) in [5.74, 6) is -1.84. The van der Waals surface area contributed by atoms with Crippen molar-refractivity contribution >= 4 is 46.3 Å². The minimum absolute atomic E-state index is 0.0400. The van der Waals surface area contributed by atoms with E-state index >= 15 is 0 Å². The molecule has 1 atom stereocenters. The van der Waals surface area contributed by atoms with Gasteiger partial charge in [0.15, 0.2) is 0 Å². The summed E-state index contributed by atoms with van der Waals surface area (Å²) in [4.78, 5) is 27.9. The van der Waals surface area contributed by atoms with Crippen LogP contribution in [0.5, 0.6) is 11.5 Å². The Kier molecular flexibility index (Phi) is 6.30. The van der Waals surface area contributed by atoms with Gasteiger partial charge in [-0.15, -0.1) is 0 Å². The molecular formula is C26H21Cl2NO5. The van der Waals surface area contributed by atoms with E-state index in [1.807, 2.05) is 19.9 Å². The molecule has 0 aromatic heterocycles. The molecule has 1 aliphatic rings. The predicted molar refractivity (Wildman–Crippen MR) is 132 cm³/mol. The largest absolute Gasteiger partial charge is 0.507 e. The van der Waals surface area contributed by atoms with Crippen LogP contribution in [0.15, 0.2) is 60.2 Å². The molecule has 6 nitrogen and oxygen atoms in total. The third-order valence-electron chi connectivity index (χ3n) is 5.70. The number of amides is 1. The first kappa shape index (κ1) is 23.7. The van der Waals surface area contributed by atoms with Gasteiger partial charge in [-0.3, -0.25) is 14.5 Å². The van der Waals surface area contributed by atoms with E-state index in [1.165, 1.54) is 24.1 Å². The van der Waals surface area contributed by atoms with Gasteiger partial charge in [-0.05, 0) is 66.9 Å². The summed E-state index contributed by atoms with van der Waals surface area (Å²) < 4.78 is 5.50. The van der Waals surface area contributed by atoms with Crippen molar-refractivity contribution in [2.45, 2.75) is 19.9 Å². The van der Waals surface area contributed by atoms with Crippen molar-refractivity contribution in [2.24, 2.45) is 0 Å². The number of phenols is 1. The van der Waals surface area contributed by atoms with Gasteiger partial charge >= 0.3 is 0 Å². The number of aliphatic hydroxyl groups excluding tert-OH is 1. The zero-order valence-corrected chi connectivity index (χ0v) is 20.1. The van der Waals surface area contributed by atoms with Gasteiger partial charge in [-0.2, -0.15) is 0 Å². The number of benzene rings is 3. The van der Waals surface area contributed by atoms with E-state index in [4.69, 9.17) is 27.9 Å². The van der Waals surface area contributed by atoms with E-state index in [1.54, 1.807) is 36.4 Å². The van der Waals surface area contributed by atoms with Crippen molar-refractivity contribution in [3.63, 3.8) is 0 Å². The monoisotopic (exact) mass is 497 g/mol. The van der Waals surface area contributed by atoms with Crippen LogP contribution in [0, 0.1) is 13.8 Å². The van der Waals surface area contributed by atoms with Crippen molar-refractivity contribution < 1.29 is 24.5 Å². The highest BCUT2D eigenvalue weighted by atomic mass is 35.5. The molecule has 2 N–H and O–H groups in total. The maximum absolute atomic E-state index is 13.3. The Bertz CT molecular complexity index is 1370. The van der Waals surface area contributed by atoms with Gasteiger partial charge in [-0.25, -0.2) is 0 Å². The second-order valence-corrected chi connectivity index (χ2v) is 8.87. The molecule has 3 aromatic rings. The van der Waals surface area contributed by atoms with Crippen LogP contribution in [-0.4, -0.2) is 29.0 Å². The summed E-state index contributed by atoms with van der Waals surface area (Å²) in [5, 5.41) is 21.8. The highest BCUT2D eigenvalue weighted by molar-refractivity contribution is 6.52. The SMILES string of the molecule is COc1c(C)cc(C)cc1/C(O)=C1\C(=O)C(=O)N(c2cccc(Cl)c2)C1c1ccc(O)c(Cl)c1. The number of halogens is 2. The fraction of sp³-hybridized carbons (Fsp3) is 0.154. The number of ether oxygens (including phenoxy) is 1. The number of anilines is 1. The number of aromatic hydroxyl groups is 1. The fourth-order valence-corrected chi connectivity index (χ4v) is 4.65. The molecule has 34 heavy (non-hydrogen) atoms. The van der Waals surface area contributed by atoms with E-state index in [0.29, 0.717) is 27.6 Å². The van der Waals surface area contributed by atoms with Gasteiger partial charge in [0.2, 0.25) is 0 Å². The molecular weight excluding hydrogens is 477 g/mol. The lowest BCUT2D eigenvalue weighted by Gasteiger charge is -2.26. The summed E-state index contributed by atoms with van der Waals surface area (Å²) in [6, 6.07) is 13.4. The first-order valence-electron chi connectivity index (χ1n) is 10.3. The standard InChI is InChI=1S/C26H21Cl2NO5/c1-13-9-14(2)25(34-3)18(10-13)23(31)21-22(15-7-8-20(30)19(28)11-15)29(26(33)24(21)32)17-6-4-5-16(27)12-17/h4-12,22,30-31H,1-3H3/b23-21+. The highest BCUT2D eigenvalue weighted by Crippen LogP contribution is 2.45. The molecule has 174 valence electrons. The summed E-state index contributed by atoms with van der Waals surface area (Å²) in [6.45, 7) is 3.68. The number of carbonyl (C=O) groups is 2. The zero-order chi connectivity index (χ0) is 24.7. The Morgan fingerprint density at radius 2 is 1.76 bits per heavy atom. The van der Waals surface area contributed by atoms with Crippen molar-refractivity contribution in [3.8, 4) is 11.5 Å². The van der Waals surface area contributed by atoms with Gasteiger partial charge in [0, 0.05) is 10.7 Å². The Morgan fingerprint density at radius 3 is 2.41 bits per heavy atom. The maximum atomic E-state index is 13.3. The van der Waals surface area contributed by atoms with Gasteiger partial charge in [0.1, 0.15) is 17.3 Å². The minimum atomic E-state index is -1.03. The average Bonchev–Trinajstić information content (AvgIpc) is 3.05. The van der Waals surface area contributed by atoms with E-state index in [2.05, 4.69) is 0 Å². The first-order chi connectivity index (χ1) is 16.1. The molecule has 0 radical (unpaired) electrons. The lowest BCUT2D eigenvalue weighted by molar-refractivity contribution is -0.132. The van der Waals surface area contributed by atoms with Crippen LogP contribution in [0.1, 0.15) is 28.3 Å². The quantitative estimate of drug-likeness (QED) is 0.264. The Balaban J connectivity index is 2.03. The van der Waals surface area contributed by atoms with Gasteiger partial charge < -0.3 is 14.9 Å². The summed E-state index contributed by atoms with van der Waals surface area (Å²) >= 11 is 12.3. The van der Waals surface area contributed by atoms with Gasteiger partial charge in [0.05, 0.1) is 29.3 Å². The number of nitrogens with zero attached hydrogens (tertiary/aromatic N) is 1. The smallest absolute Gasteiger partial charge is 0.300 e. The molecule has 8 heteroatoms. The van der Waals surface area contributed by atoms with E-state index in [-0.39, 0.29) is 22.1 Å². The Labute approximate surface area is 206 Å². The van der Waals surface area contributed by atoms with E-state index in [0.717, 1.165) is 11.1 Å². The van der Waals surface area contributed by atoms with Crippen molar-refractivity contribution in [2.75, 3.05) is 12.0 Å². The molecule has 4 rings (SSSR count). The molecule has 1 saturated heterocycles. The number of rotatable bonds is 4. The number of ketones is 1. The van der Waals surface area contributed by atoms with Crippen LogP contribution in [0.4, 0.5) is 5.69 Å². The molecule has 1 unspecified atom stereocenters. The van der Waals surface area contributed by atoms with Crippen molar-refractivity contribution in [1.29, 1.82) is 0 Å². The zero-order valence-electron chi connectivity index (χ0n) is 18.6. The molecule has 1 fully saturated rings. The molecule has 0 spiro atoms. The van der Waals surface area contributed by atoms with Crippen LogP contribution in [0.3, 0.4) is 0 Å². The van der Waals surface area contributed by atoms with Crippen molar-refractivity contribution in [1.82, 2.24) is 0 Å². The normalized spacial score (nSPS) is 17.3. The lowest BCUT2D eigenvalue weighted by Crippen LogP contribution is -2.29. The van der Waals surface area contributed by atoms with Crippen LogP contribution < -0.4 is 9.64 Å². The number of phenolic OH excluding ortho intramolecular Hbond substituents is 1. The Hall–Kier alpha value is -3.48. The van der Waals surface area contributed by atoms with Gasteiger partial charge in [0.25, 0.3) is 11.7 Å². The summed E-state index contributed by atoms with van der Waals surface area (Å²) in [5.41, 5.74) is 2.56. The molecule has 0 bridgehead atoms. The van der Waals surface area contributed by atoms with E-state index in [9.17, 15) is 19.8 Å². The average molecular weight is 498 g/mol. The number of hydrogen-bond donors (Lipinski definition) is 2. The van der Waals surface area contributed by atoms with Crippen LogP contribution >= 0.6 is 23.2 Å². The molecule has 1 heterocycles. The molecule has 1 amide bonds. The predicted octanol–water partition coefficient (Wildman–Crippen LogP) is 5.95. The van der Waals surface area contributed by atoms with E-state index < -0.39 is 17.7 Å².